The van der Waals surface area contributed by atoms with Crippen LogP contribution in [0.25, 0.3) is 0 Å². The molecule has 136 valence electrons. The Bertz CT molecular complexity index is 295. The molecule has 0 spiro atoms. The van der Waals surface area contributed by atoms with Gasteiger partial charge in [0.05, 0.1) is 5.60 Å². The summed E-state index contributed by atoms with van der Waals surface area (Å²) in [5.74, 6) is 3.11. The van der Waals surface area contributed by atoms with E-state index in [4.69, 9.17) is 4.74 Å². The monoisotopic (exact) mass is 322 g/mol. The number of unbranched alkanes of at least 4 members (excludes halogenated alkanes) is 2. The second-order valence-electron chi connectivity index (χ2n) is 8.48. The maximum absolute atomic E-state index is 6.27. The Morgan fingerprint density at radius 1 is 0.783 bits per heavy atom. The molecule has 23 heavy (non-hydrogen) atoms. The van der Waals surface area contributed by atoms with Crippen molar-refractivity contribution in [3.63, 3.8) is 0 Å². The molecule has 0 heterocycles. The molecular weight excluding hydrogens is 280 g/mol. The Kier molecular flexibility index (Phi) is 8.44. The van der Waals surface area contributed by atoms with Crippen LogP contribution < -0.4 is 0 Å². The Labute approximate surface area is 146 Å². The molecule has 0 saturated heterocycles. The number of rotatable bonds is 9. The summed E-state index contributed by atoms with van der Waals surface area (Å²) in [5, 5.41) is 0. The van der Waals surface area contributed by atoms with Crippen molar-refractivity contribution in [2.75, 3.05) is 6.61 Å². The van der Waals surface area contributed by atoms with Crippen molar-refractivity contribution in [2.45, 2.75) is 116 Å². The van der Waals surface area contributed by atoms with E-state index in [1.165, 1.54) is 89.9 Å². The molecule has 0 aliphatic heterocycles. The van der Waals surface area contributed by atoms with E-state index in [9.17, 15) is 0 Å². The number of hydrogen-bond donors (Lipinski definition) is 0. The molecule has 2 aliphatic rings. The highest BCUT2D eigenvalue weighted by molar-refractivity contribution is 4.90. The molecule has 0 N–H and O–H groups in total. The fourth-order valence-electron chi connectivity index (χ4n) is 5.35. The van der Waals surface area contributed by atoms with Gasteiger partial charge in [0.1, 0.15) is 0 Å². The zero-order valence-electron chi connectivity index (χ0n) is 16.2. The van der Waals surface area contributed by atoms with E-state index in [0.717, 1.165) is 24.4 Å². The first-order chi connectivity index (χ1) is 11.2. The average molecular weight is 323 g/mol. The Morgan fingerprint density at radius 2 is 1.39 bits per heavy atom. The van der Waals surface area contributed by atoms with Crippen LogP contribution in [-0.2, 0) is 4.74 Å². The topological polar surface area (TPSA) is 9.23 Å². The highest BCUT2D eigenvalue weighted by Crippen LogP contribution is 2.45. The van der Waals surface area contributed by atoms with Crippen molar-refractivity contribution in [1.29, 1.82) is 0 Å². The minimum atomic E-state index is 0.250. The zero-order chi connectivity index (χ0) is 16.5. The van der Waals surface area contributed by atoms with Gasteiger partial charge in [0.15, 0.2) is 0 Å². The van der Waals surface area contributed by atoms with Crippen LogP contribution in [0.3, 0.4) is 0 Å². The van der Waals surface area contributed by atoms with Crippen molar-refractivity contribution in [1.82, 2.24) is 0 Å². The van der Waals surface area contributed by atoms with E-state index in [1.807, 2.05) is 0 Å². The fourth-order valence-corrected chi connectivity index (χ4v) is 5.35. The molecule has 2 fully saturated rings. The maximum Gasteiger partial charge on any atom is 0.0682 e. The van der Waals surface area contributed by atoms with Gasteiger partial charge in [-0.25, -0.2) is 0 Å². The Balaban J connectivity index is 1.75. The third-order valence-electron chi connectivity index (χ3n) is 6.90. The van der Waals surface area contributed by atoms with Crippen LogP contribution in [0.2, 0.25) is 0 Å². The summed E-state index contributed by atoms with van der Waals surface area (Å²) in [6, 6.07) is 0. The summed E-state index contributed by atoms with van der Waals surface area (Å²) < 4.78 is 6.27. The fraction of sp³-hybridized carbons (Fsp3) is 1.00. The van der Waals surface area contributed by atoms with Crippen LogP contribution in [0, 0.1) is 17.8 Å². The van der Waals surface area contributed by atoms with E-state index in [1.54, 1.807) is 0 Å². The summed E-state index contributed by atoms with van der Waals surface area (Å²) in [6.07, 6.45) is 19.9. The lowest BCUT2D eigenvalue weighted by Crippen LogP contribution is -2.39. The highest BCUT2D eigenvalue weighted by atomic mass is 16.5. The van der Waals surface area contributed by atoms with Gasteiger partial charge in [0.25, 0.3) is 0 Å². The third kappa shape index (κ3) is 5.76. The number of hydrogen-bond acceptors (Lipinski definition) is 1. The SMILES string of the molecule is CCCCC1CCC([C@H]2CC[C@@](CCCC)(OCC)CC2)CC1. The first-order valence-electron chi connectivity index (χ1n) is 10.9. The summed E-state index contributed by atoms with van der Waals surface area (Å²) in [7, 11) is 0. The van der Waals surface area contributed by atoms with E-state index >= 15 is 0 Å². The molecule has 0 aromatic carbocycles. The summed E-state index contributed by atoms with van der Waals surface area (Å²) in [5.41, 5.74) is 0.250. The van der Waals surface area contributed by atoms with Gasteiger partial charge in [-0.2, -0.15) is 0 Å². The molecule has 1 heteroatoms. The largest absolute Gasteiger partial charge is 0.375 e. The van der Waals surface area contributed by atoms with E-state index in [2.05, 4.69) is 20.8 Å². The normalized spacial score (nSPS) is 35.3. The molecule has 2 rings (SSSR count). The van der Waals surface area contributed by atoms with E-state index in [-0.39, 0.29) is 5.60 Å². The quantitative estimate of drug-likeness (QED) is 0.438. The molecular formula is C22H42O. The predicted molar refractivity (Wildman–Crippen MR) is 101 cm³/mol. The lowest BCUT2D eigenvalue weighted by atomic mass is 9.67. The second-order valence-corrected chi connectivity index (χ2v) is 8.48. The van der Waals surface area contributed by atoms with E-state index < -0.39 is 0 Å². The zero-order valence-corrected chi connectivity index (χ0v) is 16.2. The van der Waals surface area contributed by atoms with Crippen molar-refractivity contribution in [2.24, 2.45) is 17.8 Å². The van der Waals surface area contributed by atoms with Gasteiger partial charge < -0.3 is 4.74 Å². The van der Waals surface area contributed by atoms with Gasteiger partial charge in [0.2, 0.25) is 0 Å². The summed E-state index contributed by atoms with van der Waals surface area (Å²) in [6.45, 7) is 7.72. The molecule has 0 radical (unpaired) electrons. The van der Waals surface area contributed by atoms with Gasteiger partial charge >= 0.3 is 0 Å². The maximum atomic E-state index is 6.27. The average Bonchev–Trinajstić information content (AvgIpc) is 2.60. The second kappa shape index (κ2) is 10.1. The molecule has 0 aromatic rings. The lowest BCUT2D eigenvalue weighted by Gasteiger charge is -2.43. The van der Waals surface area contributed by atoms with Crippen molar-refractivity contribution >= 4 is 0 Å². The first-order valence-corrected chi connectivity index (χ1v) is 10.9. The van der Waals surface area contributed by atoms with Crippen LogP contribution in [-0.4, -0.2) is 12.2 Å². The Hall–Kier alpha value is -0.0400. The number of ether oxygens (including phenoxy) is 1. The molecule has 0 bridgehead atoms. The van der Waals surface area contributed by atoms with Gasteiger partial charge in [-0.15, -0.1) is 0 Å². The third-order valence-corrected chi connectivity index (χ3v) is 6.90. The van der Waals surface area contributed by atoms with E-state index in [0.29, 0.717) is 0 Å². The lowest BCUT2D eigenvalue weighted by molar-refractivity contribution is -0.0853. The molecule has 0 aromatic heterocycles. The minimum absolute atomic E-state index is 0.250. The standard InChI is InChI=1S/C22H42O/c1-4-7-9-19-10-12-20(13-11-19)21-14-17-22(18-15-21,23-6-3)16-8-5-2/h19-21H,4-18H2,1-3H3/t19?,20?,21-,22+. The van der Waals surface area contributed by atoms with Crippen LogP contribution in [0.15, 0.2) is 0 Å². The molecule has 0 amide bonds. The Morgan fingerprint density at radius 3 is 1.96 bits per heavy atom. The van der Waals surface area contributed by atoms with Crippen LogP contribution in [0.4, 0.5) is 0 Å². The summed E-state index contributed by atoms with van der Waals surface area (Å²) in [4.78, 5) is 0. The van der Waals surface area contributed by atoms with Crippen LogP contribution in [0.1, 0.15) is 111 Å². The van der Waals surface area contributed by atoms with Crippen molar-refractivity contribution in [3.8, 4) is 0 Å². The van der Waals surface area contributed by atoms with Gasteiger partial charge in [-0.05, 0) is 69.6 Å². The highest BCUT2D eigenvalue weighted by Gasteiger charge is 2.38. The van der Waals surface area contributed by atoms with Gasteiger partial charge in [-0.1, -0.05) is 58.8 Å². The van der Waals surface area contributed by atoms with Crippen molar-refractivity contribution < 1.29 is 4.74 Å². The molecule has 0 unspecified atom stereocenters. The molecule has 2 saturated carbocycles. The first kappa shape index (κ1) is 19.3. The van der Waals surface area contributed by atoms with Gasteiger partial charge in [0, 0.05) is 6.61 Å². The summed E-state index contributed by atoms with van der Waals surface area (Å²) >= 11 is 0. The van der Waals surface area contributed by atoms with Gasteiger partial charge in [-0.3, -0.25) is 0 Å². The van der Waals surface area contributed by atoms with Crippen molar-refractivity contribution in [3.05, 3.63) is 0 Å². The predicted octanol–water partition coefficient (Wildman–Crippen LogP) is 7.14. The smallest absolute Gasteiger partial charge is 0.0682 e. The molecule has 2 aliphatic carbocycles. The molecule has 0 atom stereocenters. The minimum Gasteiger partial charge on any atom is -0.375 e. The van der Waals surface area contributed by atoms with Crippen LogP contribution in [0.5, 0.6) is 0 Å². The van der Waals surface area contributed by atoms with Crippen LogP contribution >= 0.6 is 0 Å². The molecule has 1 nitrogen and oxygen atoms in total.